The molecule has 2 aromatic carbocycles. The third-order valence-electron chi connectivity index (χ3n) is 2.51. The molecule has 0 aromatic heterocycles. The minimum Gasteiger partial charge on any atom is -0.455 e. The lowest BCUT2D eigenvalue weighted by Crippen LogP contribution is -2.06. The SMILES string of the molecule is CNCc1ccc(Br)cc1Oc1cc(Br)ccc1Cl. The maximum Gasteiger partial charge on any atom is 0.147 e. The number of hydrogen-bond acceptors (Lipinski definition) is 2. The maximum atomic E-state index is 6.14. The van der Waals surface area contributed by atoms with E-state index in [0.29, 0.717) is 10.8 Å². The summed E-state index contributed by atoms with van der Waals surface area (Å²) in [6.07, 6.45) is 0. The second kappa shape index (κ2) is 6.75. The molecule has 19 heavy (non-hydrogen) atoms. The first-order chi connectivity index (χ1) is 9.10. The van der Waals surface area contributed by atoms with Crippen molar-refractivity contribution in [3.05, 3.63) is 55.9 Å². The van der Waals surface area contributed by atoms with Crippen LogP contribution in [0.2, 0.25) is 5.02 Å². The van der Waals surface area contributed by atoms with E-state index >= 15 is 0 Å². The van der Waals surface area contributed by atoms with Crippen LogP contribution in [0.5, 0.6) is 11.5 Å². The van der Waals surface area contributed by atoms with Gasteiger partial charge in [-0.1, -0.05) is 49.5 Å². The van der Waals surface area contributed by atoms with E-state index in [9.17, 15) is 0 Å². The van der Waals surface area contributed by atoms with Gasteiger partial charge in [0.25, 0.3) is 0 Å². The van der Waals surface area contributed by atoms with Gasteiger partial charge < -0.3 is 10.1 Å². The molecular formula is C14H12Br2ClNO. The quantitative estimate of drug-likeness (QED) is 0.738. The van der Waals surface area contributed by atoms with Crippen LogP contribution in [-0.4, -0.2) is 7.05 Å². The number of ether oxygens (including phenoxy) is 1. The van der Waals surface area contributed by atoms with Gasteiger partial charge in [0.1, 0.15) is 11.5 Å². The molecule has 5 heteroatoms. The van der Waals surface area contributed by atoms with Crippen LogP contribution in [0.1, 0.15) is 5.56 Å². The highest BCUT2D eigenvalue weighted by Crippen LogP contribution is 2.34. The van der Waals surface area contributed by atoms with Gasteiger partial charge in [-0.2, -0.15) is 0 Å². The van der Waals surface area contributed by atoms with E-state index in [0.717, 1.165) is 26.8 Å². The van der Waals surface area contributed by atoms with Gasteiger partial charge in [0.2, 0.25) is 0 Å². The molecular weight excluding hydrogens is 393 g/mol. The van der Waals surface area contributed by atoms with E-state index in [1.807, 2.05) is 37.4 Å². The lowest BCUT2D eigenvalue weighted by molar-refractivity contribution is 0.474. The van der Waals surface area contributed by atoms with Gasteiger partial charge in [-0.3, -0.25) is 0 Å². The van der Waals surface area contributed by atoms with E-state index in [1.54, 1.807) is 6.07 Å². The molecule has 0 saturated carbocycles. The largest absolute Gasteiger partial charge is 0.455 e. The van der Waals surface area contributed by atoms with Crippen LogP contribution in [0.25, 0.3) is 0 Å². The lowest BCUT2D eigenvalue weighted by atomic mass is 10.2. The summed E-state index contributed by atoms with van der Waals surface area (Å²) >= 11 is 13.0. The van der Waals surface area contributed by atoms with Crippen molar-refractivity contribution in [2.24, 2.45) is 0 Å². The molecule has 0 spiro atoms. The molecule has 0 saturated heterocycles. The summed E-state index contributed by atoms with van der Waals surface area (Å²) in [4.78, 5) is 0. The minimum absolute atomic E-state index is 0.582. The fraction of sp³-hybridized carbons (Fsp3) is 0.143. The standard InChI is InChI=1S/C14H12Br2ClNO/c1-18-8-9-2-3-10(15)6-13(9)19-14-7-11(16)4-5-12(14)17/h2-7,18H,8H2,1H3. The molecule has 0 unspecified atom stereocenters. The molecule has 0 aliphatic heterocycles. The summed E-state index contributed by atoms with van der Waals surface area (Å²) in [5, 5.41) is 3.70. The highest BCUT2D eigenvalue weighted by molar-refractivity contribution is 9.10. The third kappa shape index (κ3) is 3.96. The van der Waals surface area contributed by atoms with Crippen molar-refractivity contribution < 1.29 is 4.74 Å². The average Bonchev–Trinajstić information content (AvgIpc) is 2.37. The molecule has 0 aliphatic carbocycles. The topological polar surface area (TPSA) is 21.3 Å². The van der Waals surface area contributed by atoms with Crippen molar-refractivity contribution in [3.63, 3.8) is 0 Å². The first kappa shape index (κ1) is 14.9. The molecule has 2 rings (SSSR count). The van der Waals surface area contributed by atoms with Gasteiger partial charge >= 0.3 is 0 Å². The number of halogens is 3. The Hall–Kier alpha value is -0.550. The highest BCUT2D eigenvalue weighted by atomic mass is 79.9. The molecule has 0 amide bonds. The van der Waals surface area contributed by atoms with E-state index in [4.69, 9.17) is 16.3 Å². The molecule has 0 bridgehead atoms. The fourth-order valence-corrected chi connectivity index (χ4v) is 2.47. The fourth-order valence-electron chi connectivity index (χ4n) is 1.63. The lowest BCUT2D eigenvalue weighted by Gasteiger charge is -2.13. The zero-order chi connectivity index (χ0) is 13.8. The van der Waals surface area contributed by atoms with Crippen molar-refractivity contribution in [2.45, 2.75) is 6.54 Å². The Bertz CT molecular complexity index is 590. The molecule has 0 fully saturated rings. The number of nitrogens with one attached hydrogen (secondary N) is 1. The molecule has 2 nitrogen and oxygen atoms in total. The van der Waals surface area contributed by atoms with Crippen LogP contribution < -0.4 is 10.1 Å². The number of rotatable bonds is 4. The van der Waals surface area contributed by atoms with Crippen LogP contribution in [0, 0.1) is 0 Å². The number of hydrogen-bond donors (Lipinski definition) is 1. The summed E-state index contributed by atoms with van der Waals surface area (Å²) in [6.45, 7) is 0.730. The van der Waals surface area contributed by atoms with Crippen LogP contribution in [0.15, 0.2) is 45.3 Å². The van der Waals surface area contributed by atoms with E-state index in [2.05, 4.69) is 37.2 Å². The normalized spacial score (nSPS) is 10.5. The predicted octanol–water partition coefficient (Wildman–Crippen LogP) is 5.38. The Morgan fingerprint density at radius 1 is 1.05 bits per heavy atom. The third-order valence-corrected chi connectivity index (χ3v) is 3.81. The van der Waals surface area contributed by atoms with Gasteiger partial charge in [-0.25, -0.2) is 0 Å². The molecule has 0 heterocycles. The van der Waals surface area contributed by atoms with Crippen molar-refractivity contribution in [1.29, 1.82) is 0 Å². The Labute approximate surface area is 134 Å². The van der Waals surface area contributed by atoms with Crippen molar-refractivity contribution in [3.8, 4) is 11.5 Å². The molecule has 0 radical (unpaired) electrons. The Kier molecular flexibility index (Phi) is 5.28. The second-order valence-corrected chi connectivity index (χ2v) is 6.20. The molecule has 0 atom stereocenters. The summed E-state index contributed by atoms with van der Waals surface area (Å²) < 4.78 is 7.82. The predicted molar refractivity (Wildman–Crippen MR) is 86.1 cm³/mol. The summed E-state index contributed by atoms with van der Waals surface area (Å²) in [6, 6.07) is 11.5. The van der Waals surface area contributed by atoms with Gasteiger partial charge in [0.05, 0.1) is 5.02 Å². The monoisotopic (exact) mass is 403 g/mol. The van der Waals surface area contributed by atoms with Crippen LogP contribution in [0.4, 0.5) is 0 Å². The van der Waals surface area contributed by atoms with Gasteiger partial charge in [0.15, 0.2) is 0 Å². The summed E-state index contributed by atoms with van der Waals surface area (Å²) in [5.74, 6) is 1.41. The minimum atomic E-state index is 0.582. The molecule has 100 valence electrons. The Balaban J connectivity index is 2.36. The van der Waals surface area contributed by atoms with E-state index in [-0.39, 0.29) is 0 Å². The molecule has 2 aromatic rings. The van der Waals surface area contributed by atoms with Gasteiger partial charge in [-0.15, -0.1) is 0 Å². The van der Waals surface area contributed by atoms with Gasteiger partial charge in [-0.05, 0) is 37.4 Å². The maximum absolute atomic E-state index is 6.14. The van der Waals surface area contributed by atoms with Gasteiger partial charge in [0, 0.05) is 21.1 Å². The Morgan fingerprint density at radius 2 is 1.68 bits per heavy atom. The summed E-state index contributed by atoms with van der Waals surface area (Å²) in [5.41, 5.74) is 1.07. The second-order valence-electron chi connectivity index (χ2n) is 3.96. The van der Waals surface area contributed by atoms with Crippen molar-refractivity contribution in [1.82, 2.24) is 5.32 Å². The number of benzene rings is 2. The Morgan fingerprint density at radius 3 is 2.37 bits per heavy atom. The molecule has 0 aliphatic rings. The average molecular weight is 406 g/mol. The van der Waals surface area contributed by atoms with E-state index < -0.39 is 0 Å². The highest BCUT2D eigenvalue weighted by Gasteiger charge is 2.08. The van der Waals surface area contributed by atoms with Crippen molar-refractivity contribution >= 4 is 43.5 Å². The first-order valence-corrected chi connectivity index (χ1v) is 7.62. The van der Waals surface area contributed by atoms with Crippen LogP contribution in [0.3, 0.4) is 0 Å². The van der Waals surface area contributed by atoms with E-state index in [1.165, 1.54) is 0 Å². The van der Waals surface area contributed by atoms with Crippen LogP contribution >= 0.6 is 43.5 Å². The van der Waals surface area contributed by atoms with Crippen molar-refractivity contribution in [2.75, 3.05) is 7.05 Å². The molecule has 1 N–H and O–H groups in total. The summed E-state index contributed by atoms with van der Waals surface area (Å²) in [7, 11) is 1.90. The zero-order valence-corrected chi connectivity index (χ0v) is 14.1. The van der Waals surface area contributed by atoms with Crippen LogP contribution in [-0.2, 0) is 6.54 Å². The zero-order valence-electron chi connectivity index (χ0n) is 10.2. The smallest absolute Gasteiger partial charge is 0.147 e. The first-order valence-electron chi connectivity index (χ1n) is 5.66.